The van der Waals surface area contributed by atoms with Gasteiger partial charge in [-0.05, 0) is 79.3 Å². The molecular weight excluding hydrogens is 446 g/mol. The Bertz CT molecular complexity index is 768. The van der Waals surface area contributed by atoms with Crippen molar-refractivity contribution >= 4 is 34.0 Å². The second-order valence-corrected chi connectivity index (χ2v) is 7.49. The van der Waals surface area contributed by atoms with Gasteiger partial charge in [-0.15, -0.1) is 0 Å². The molecule has 0 aliphatic carbocycles. The van der Waals surface area contributed by atoms with Gasteiger partial charge in [0.2, 0.25) is 0 Å². The molecule has 0 fully saturated rings. The summed E-state index contributed by atoms with van der Waals surface area (Å²) in [7, 11) is 0. The number of aliphatic hydroxyl groups is 1. The molecule has 2 rings (SSSR count). The van der Waals surface area contributed by atoms with Crippen LogP contribution in [-0.4, -0.2) is 17.3 Å². The van der Waals surface area contributed by atoms with Crippen LogP contribution < -0.4 is 5.06 Å². The molecule has 0 radical (unpaired) electrons. The lowest BCUT2D eigenvalue weighted by molar-refractivity contribution is -0.0339. The Morgan fingerprint density at radius 3 is 2.32 bits per heavy atom. The van der Waals surface area contributed by atoms with Crippen molar-refractivity contribution in [2.45, 2.75) is 32.8 Å². The molecule has 0 aromatic heterocycles. The fourth-order valence-electron chi connectivity index (χ4n) is 2.31. The van der Waals surface area contributed by atoms with Gasteiger partial charge in [0.15, 0.2) is 17.5 Å². The van der Waals surface area contributed by atoms with Crippen LogP contribution in [0.3, 0.4) is 0 Å². The molecule has 3 nitrogen and oxygen atoms in total. The molecular formula is C18H19F3INO2. The van der Waals surface area contributed by atoms with E-state index in [9.17, 15) is 18.3 Å². The summed E-state index contributed by atoms with van der Waals surface area (Å²) in [6, 6.07) is 7.36. The smallest absolute Gasteiger partial charge is 0.196 e. The Hall–Kier alpha value is -1.32. The van der Waals surface area contributed by atoms with Crippen molar-refractivity contribution < 1.29 is 23.1 Å². The maximum Gasteiger partial charge on any atom is 0.196 e. The second-order valence-electron chi connectivity index (χ2n) is 6.24. The summed E-state index contributed by atoms with van der Waals surface area (Å²) in [4.78, 5) is 5.89. The van der Waals surface area contributed by atoms with E-state index < -0.39 is 23.1 Å². The van der Waals surface area contributed by atoms with E-state index in [1.807, 2.05) is 13.0 Å². The summed E-state index contributed by atoms with van der Waals surface area (Å²) in [5.41, 5.74) is 0.169. The van der Waals surface area contributed by atoms with Gasteiger partial charge in [-0.2, -0.15) is 0 Å². The van der Waals surface area contributed by atoms with E-state index in [1.54, 1.807) is 26.0 Å². The highest BCUT2D eigenvalue weighted by atomic mass is 127. The van der Waals surface area contributed by atoms with Gasteiger partial charge >= 0.3 is 0 Å². The van der Waals surface area contributed by atoms with Crippen molar-refractivity contribution in [1.29, 1.82) is 0 Å². The third-order valence-electron chi connectivity index (χ3n) is 3.66. The SMILES string of the molecule is Cc1cc(I)ccc1N(OC(C)(C)CCO)c1ccc(F)c(F)c1F. The average Bonchev–Trinajstić information content (AvgIpc) is 2.51. The molecule has 2 aromatic carbocycles. The zero-order chi connectivity index (χ0) is 18.8. The van der Waals surface area contributed by atoms with E-state index in [4.69, 9.17) is 4.84 Å². The third-order valence-corrected chi connectivity index (χ3v) is 4.33. The third kappa shape index (κ3) is 4.65. The highest BCUT2D eigenvalue weighted by Gasteiger charge is 2.28. The van der Waals surface area contributed by atoms with E-state index >= 15 is 0 Å². The van der Waals surface area contributed by atoms with Crippen LogP contribution in [0, 0.1) is 27.9 Å². The van der Waals surface area contributed by atoms with E-state index in [1.165, 1.54) is 0 Å². The lowest BCUT2D eigenvalue weighted by Crippen LogP contribution is -2.35. The molecule has 0 heterocycles. The first-order valence-electron chi connectivity index (χ1n) is 7.66. The Labute approximate surface area is 158 Å². The van der Waals surface area contributed by atoms with E-state index in [0.717, 1.165) is 26.3 Å². The first-order chi connectivity index (χ1) is 11.7. The molecule has 0 atom stereocenters. The van der Waals surface area contributed by atoms with Gasteiger partial charge in [0.05, 0.1) is 11.3 Å². The average molecular weight is 465 g/mol. The number of aliphatic hydroxyl groups excluding tert-OH is 1. The number of nitrogens with zero attached hydrogens (tertiary/aromatic N) is 1. The van der Waals surface area contributed by atoms with Crippen molar-refractivity contribution in [2.75, 3.05) is 11.7 Å². The minimum absolute atomic E-state index is 0.132. The van der Waals surface area contributed by atoms with Crippen molar-refractivity contribution in [3.63, 3.8) is 0 Å². The molecule has 0 aliphatic rings. The largest absolute Gasteiger partial charge is 0.396 e. The molecule has 0 saturated carbocycles. The van der Waals surface area contributed by atoms with Gasteiger partial charge in [-0.3, -0.25) is 4.84 Å². The van der Waals surface area contributed by atoms with Crippen LogP contribution in [0.15, 0.2) is 30.3 Å². The van der Waals surface area contributed by atoms with Gasteiger partial charge in [0.25, 0.3) is 0 Å². The summed E-state index contributed by atoms with van der Waals surface area (Å²) in [6.45, 7) is 5.11. The summed E-state index contributed by atoms with van der Waals surface area (Å²) in [6.07, 6.45) is 0.276. The zero-order valence-corrected chi connectivity index (χ0v) is 16.3. The van der Waals surface area contributed by atoms with Gasteiger partial charge < -0.3 is 5.11 Å². The molecule has 1 N–H and O–H groups in total. The number of rotatable bonds is 6. The number of halogens is 4. The molecule has 136 valence electrons. The predicted octanol–water partition coefficient (Wildman–Crippen LogP) is 5.25. The predicted molar refractivity (Wildman–Crippen MR) is 99.2 cm³/mol. The minimum Gasteiger partial charge on any atom is -0.396 e. The monoisotopic (exact) mass is 465 g/mol. The standard InChI is InChI=1S/C18H19F3INO2/c1-11-10-12(22)4-6-14(11)23(25-18(2,3)8-9-24)15-7-5-13(19)16(20)17(15)21/h4-7,10,24H,8-9H2,1-3H3. The van der Waals surface area contributed by atoms with E-state index in [2.05, 4.69) is 22.6 Å². The lowest BCUT2D eigenvalue weighted by atomic mass is 10.1. The number of aryl methyl sites for hydroxylation is 1. The molecule has 7 heteroatoms. The molecule has 0 amide bonds. The maximum atomic E-state index is 14.4. The zero-order valence-electron chi connectivity index (χ0n) is 14.1. The van der Waals surface area contributed by atoms with E-state index in [-0.39, 0.29) is 18.7 Å². The normalized spacial score (nSPS) is 11.7. The van der Waals surface area contributed by atoms with Crippen LogP contribution in [0.1, 0.15) is 25.8 Å². The molecule has 0 saturated heterocycles. The molecule has 0 bridgehead atoms. The van der Waals surface area contributed by atoms with Crippen LogP contribution in [0.25, 0.3) is 0 Å². The van der Waals surface area contributed by atoms with Crippen LogP contribution in [-0.2, 0) is 4.84 Å². The van der Waals surface area contributed by atoms with Crippen molar-refractivity contribution in [1.82, 2.24) is 0 Å². The molecule has 0 unspecified atom stereocenters. The topological polar surface area (TPSA) is 32.7 Å². The van der Waals surface area contributed by atoms with Crippen LogP contribution in [0.5, 0.6) is 0 Å². The second kappa shape index (κ2) is 7.92. The Kier molecular flexibility index (Phi) is 6.34. The molecule has 0 spiro atoms. The highest BCUT2D eigenvalue weighted by molar-refractivity contribution is 14.1. The number of anilines is 2. The first kappa shape index (κ1) is 20.0. The van der Waals surface area contributed by atoms with Crippen LogP contribution in [0.4, 0.5) is 24.5 Å². The van der Waals surface area contributed by atoms with Crippen molar-refractivity contribution in [3.8, 4) is 0 Å². The van der Waals surface area contributed by atoms with E-state index in [0.29, 0.717) is 5.69 Å². The minimum atomic E-state index is -1.56. The summed E-state index contributed by atoms with van der Waals surface area (Å²) < 4.78 is 42.4. The Morgan fingerprint density at radius 1 is 1.08 bits per heavy atom. The van der Waals surface area contributed by atoms with Gasteiger partial charge in [0, 0.05) is 16.6 Å². The van der Waals surface area contributed by atoms with Gasteiger partial charge in [-0.25, -0.2) is 18.2 Å². The van der Waals surface area contributed by atoms with Crippen LogP contribution in [0.2, 0.25) is 0 Å². The molecule has 0 aliphatic heterocycles. The number of hydrogen-bond donors (Lipinski definition) is 1. The maximum absolute atomic E-state index is 14.4. The Balaban J connectivity index is 2.58. The quantitative estimate of drug-likeness (QED) is 0.360. The summed E-state index contributed by atoms with van der Waals surface area (Å²) >= 11 is 2.14. The van der Waals surface area contributed by atoms with Gasteiger partial charge in [0.1, 0.15) is 5.69 Å². The number of hydrogen-bond acceptors (Lipinski definition) is 3. The summed E-state index contributed by atoms with van der Waals surface area (Å²) in [5.74, 6) is -4.16. The molecule has 25 heavy (non-hydrogen) atoms. The number of benzene rings is 2. The van der Waals surface area contributed by atoms with Crippen molar-refractivity contribution in [2.24, 2.45) is 0 Å². The summed E-state index contributed by atoms with van der Waals surface area (Å²) in [5, 5.41) is 10.4. The first-order valence-corrected chi connectivity index (χ1v) is 8.74. The fraction of sp³-hybridized carbons (Fsp3) is 0.333. The van der Waals surface area contributed by atoms with Gasteiger partial charge in [-0.1, -0.05) is 0 Å². The fourth-order valence-corrected chi connectivity index (χ4v) is 2.96. The van der Waals surface area contributed by atoms with Crippen LogP contribution >= 0.6 is 22.6 Å². The Morgan fingerprint density at radius 2 is 1.72 bits per heavy atom. The lowest BCUT2D eigenvalue weighted by Gasteiger charge is -2.34. The highest BCUT2D eigenvalue weighted by Crippen LogP contribution is 2.35. The molecule has 2 aromatic rings. The van der Waals surface area contributed by atoms with Crippen molar-refractivity contribution in [3.05, 3.63) is 56.9 Å².